The van der Waals surface area contributed by atoms with Crippen LogP contribution < -0.4 is 4.90 Å². The van der Waals surface area contributed by atoms with Crippen molar-refractivity contribution >= 4 is 28.9 Å². The summed E-state index contributed by atoms with van der Waals surface area (Å²) in [6, 6.07) is 27.8. The van der Waals surface area contributed by atoms with E-state index in [4.69, 9.17) is 11.6 Å². The largest absolute Gasteiger partial charge is 0.512 e. The number of benzene rings is 3. The lowest BCUT2D eigenvalue weighted by Crippen LogP contribution is -2.39. The third kappa shape index (κ3) is 3.72. The lowest BCUT2D eigenvalue weighted by molar-refractivity contribution is -0.115. The fourth-order valence-corrected chi connectivity index (χ4v) is 4.05. The first-order valence-electron chi connectivity index (χ1n) is 9.77. The average Bonchev–Trinajstić information content (AvgIpc) is 2.79. The Morgan fingerprint density at radius 1 is 0.968 bits per heavy atom. The second-order valence-electron chi connectivity index (χ2n) is 7.20. The number of carbonyl (C=O) groups excluding carboxylic acids is 1. The highest BCUT2D eigenvalue weighted by molar-refractivity contribution is 6.30. The van der Waals surface area contributed by atoms with E-state index in [0.29, 0.717) is 27.5 Å². The van der Waals surface area contributed by atoms with Crippen molar-refractivity contribution in [3.63, 3.8) is 0 Å². The van der Waals surface area contributed by atoms with Gasteiger partial charge in [0.2, 0.25) is 0 Å². The van der Waals surface area contributed by atoms with E-state index in [2.05, 4.69) is 6.07 Å². The molecule has 1 atom stereocenters. The highest BCUT2D eigenvalue weighted by atomic mass is 35.5. The van der Waals surface area contributed by atoms with Gasteiger partial charge < -0.3 is 5.11 Å². The molecule has 152 valence electrons. The van der Waals surface area contributed by atoms with Crippen LogP contribution in [-0.4, -0.2) is 11.0 Å². The molecule has 1 heterocycles. The van der Waals surface area contributed by atoms with Crippen LogP contribution in [0.5, 0.6) is 0 Å². The first-order valence-corrected chi connectivity index (χ1v) is 10.1. The van der Waals surface area contributed by atoms with Crippen LogP contribution in [0.15, 0.2) is 102 Å². The lowest BCUT2D eigenvalue weighted by Gasteiger charge is -2.36. The molecule has 0 radical (unpaired) electrons. The van der Waals surface area contributed by atoms with Gasteiger partial charge in [-0.1, -0.05) is 72.3 Å². The molecule has 1 N–H and O–H groups in total. The predicted molar refractivity (Wildman–Crippen MR) is 122 cm³/mol. The van der Waals surface area contributed by atoms with Gasteiger partial charge >= 0.3 is 0 Å². The Labute approximate surface area is 185 Å². The Hall–Kier alpha value is -3.81. The molecule has 4 nitrogen and oxygen atoms in total. The summed E-state index contributed by atoms with van der Waals surface area (Å²) in [4.78, 5) is 15.3. The number of aliphatic hydroxyl groups excluding tert-OH is 1. The van der Waals surface area contributed by atoms with Crippen LogP contribution in [0.1, 0.15) is 24.0 Å². The van der Waals surface area contributed by atoms with Crippen molar-refractivity contribution < 1.29 is 9.90 Å². The summed E-state index contributed by atoms with van der Waals surface area (Å²) < 4.78 is 0. The maximum absolute atomic E-state index is 13.8. The van der Waals surface area contributed by atoms with Crippen molar-refractivity contribution in [3.05, 3.63) is 118 Å². The van der Waals surface area contributed by atoms with E-state index in [0.717, 1.165) is 5.56 Å². The zero-order chi connectivity index (χ0) is 22.0. The fourth-order valence-electron chi connectivity index (χ4n) is 3.92. The number of halogens is 1. The molecule has 0 bridgehead atoms. The predicted octanol–water partition coefficient (Wildman–Crippen LogP) is 6.24. The topological polar surface area (TPSA) is 64.3 Å². The molecular formula is C26H19ClN2O2. The molecule has 1 aliphatic rings. The zero-order valence-corrected chi connectivity index (χ0v) is 17.5. The average molecular weight is 427 g/mol. The van der Waals surface area contributed by atoms with Gasteiger partial charge in [-0.25, -0.2) is 0 Å². The summed E-state index contributed by atoms with van der Waals surface area (Å²) >= 11 is 6.06. The minimum atomic E-state index is -0.713. The minimum absolute atomic E-state index is 0.120. The summed E-state index contributed by atoms with van der Waals surface area (Å²) in [5.74, 6) is -1.20. The molecule has 0 saturated heterocycles. The van der Waals surface area contributed by atoms with Gasteiger partial charge in [0.05, 0.1) is 34.6 Å². The van der Waals surface area contributed by atoms with E-state index >= 15 is 0 Å². The van der Waals surface area contributed by atoms with E-state index in [1.807, 2.05) is 60.7 Å². The molecule has 5 heteroatoms. The molecule has 0 fully saturated rings. The number of para-hydroxylation sites is 1. The van der Waals surface area contributed by atoms with E-state index in [1.54, 1.807) is 24.3 Å². The highest BCUT2D eigenvalue weighted by Gasteiger charge is 2.41. The SMILES string of the molecule is C/C(O)=C1/C(=O)N(c2ccccc2)C(c2ccccc2)=C(C#N)C1c1ccc(Cl)cc1. The van der Waals surface area contributed by atoms with Crippen molar-refractivity contribution in [2.45, 2.75) is 12.8 Å². The lowest BCUT2D eigenvalue weighted by atomic mass is 9.78. The maximum Gasteiger partial charge on any atom is 0.263 e. The Bertz CT molecular complexity index is 1220. The van der Waals surface area contributed by atoms with Crippen molar-refractivity contribution in [1.82, 2.24) is 0 Å². The Morgan fingerprint density at radius 2 is 1.55 bits per heavy atom. The van der Waals surface area contributed by atoms with Crippen LogP contribution in [0.3, 0.4) is 0 Å². The first-order chi connectivity index (χ1) is 15.0. The third-order valence-electron chi connectivity index (χ3n) is 5.26. The molecule has 0 spiro atoms. The van der Waals surface area contributed by atoms with Crippen molar-refractivity contribution in [2.24, 2.45) is 0 Å². The second kappa shape index (κ2) is 8.51. The molecule has 3 aromatic carbocycles. The molecular weight excluding hydrogens is 408 g/mol. The summed E-state index contributed by atoms with van der Waals surface area (Å²) in [5.41, 5.74) is 3.11. The van der Waals surface area contributed by atoms with Crippen molar-refractivity contribution in [1.29, 1.82) is 5.26 Å². The molecule has 4 rings (SSSR count). The van der Waals surface area contributed by atoms with Gasteiger partial charge in [0.1, 0.15) is 0 Å². The van der Waals surface area contributed by atoms with Gasteiger partial charge in [-0.05, 0) is 42.3 Å². The smallest absolute Gasteiger partial charge is 0.263 e. The molecule has 0 aliphatic carbocycles. The Balaban J connectivity index is 2.08. The van der Waals surface area contributed by atoms with Gasteiger partial charge in [-0.2, -0.15) is 5.26 Å². The van der Waals surface area contributed by atoms with Crippen LogP contribution in [-0.2, 0) is 4.79 Å². The van der Waals surface area contributed by atoms with E-state index in [-0.39, 0.29) is 17.2 Å². The van der Waals surface area contributed by atoms with Crippen LogP contribution in [0.2, 0.25) is 5.02 Å². The molecule has 0 aromatic heterocycles. The van der Waals surface area contributed by atoms with Crippen LogP contribution in [0.25, 0.3) is 5.70 Å². The number of nitrogens with zero attached hydrogens (tertiary/aromatic N) is 2. The van der Waals surface area contributed by atoms with Crippen LogP contribution in [0, 0.1) is 11.3 Å². The van der Waals surface area contributed by atoms with Crippen LogP contribution >= 0.6 is 11.6 Å². The van der Waals surface area contributed by atoms with Gasteiger partial charge in [-0.3, -0.25) is 9.69 Å². The number of nitriles is 1. The number of amides is 1. The maximum atomic E-state index is 13.8. The molecule has 0 saturated carbocycles. The third-order valence-corrected chi connectivity index (χ3v) is 5.52. The standard InChI is InChI=1S/C26H19ClN2O2/c1-17(30)23-24(18-12-14-20(27)15-13-18)22(16-28)25(19-8-4-2-5-9-19)29(26(23)31)21-10-6-3-7-11-21/h2-15,24,30H,1H3/b23-17-. The van der Waals surface area contributed by atoms with E-state index < -0.39 is 5.92 Å². The molecule has 3 aromatic rings. The normalized spacial score (nSPS) is 18.0. The number of anilines is 1. The number of carbonyl (C=O) groups is 1. The summed E-state index contributed by atoms with van der Waals surface area (Å²) in [6.45, 7) is 1.47. The molecule has 1 amide bonds. The van der Waals surface area contributed by atoms with Crippen molar-refractivity contribution in [2.75, 3.05) is 4.90 Å². The number of allylic oxidation sites excluding steroid dienone is 2. The van der Waals surface area contributed by atoms with Gasteiger partial charge in [-0.15, -0.1) is 0 Å². The molecule has 1 aliphatic heterocycles. The molecule has 31 heavy (non-hydrogen) atoms. The number of hydrogen-bond donors (Lipinski definition) is 1. The van der Waals surface area contributed by atoms with Crippen molar-refractivity contribution in [3.8, 4) is 6.07 Å². The number of hydrogen-bond acceptors (Lipinski definition) is 3. The fraction of sp³-hybridized carbons (Fsp3) is 0.0769. The summed E-state index contributed by atoms with van der Waals surface area (Å²) in [5, 5.41) is 21.4. The number of aliphatic hydroxyl groups is 1. The quantitative estimate of drug-likeness (QED) is 0.398. The Morgan fingerprint density at radius 3 is 2.10 bits per heavy atom. The zero-order valence-electron chi connectivity index (χ0n) is 16.8. The van der Waals surface area contributed by atoms with Gasteiger partial charge in [0.25, 0.3) is 5.91 Å². The van der Waals surface area contributed by atoms with Gasteiger partial charge in [0.15, 0.2) is 0 Å². The number of rotatable bonds is 3. The second-order valence-corrected chi connectivity index (χ2v) is 7.64. The first kappa shape index (κ1) is 20.5. The highest BCUT2D eigenvalue weighted by Crippen LogP contribution is 2.45. The van der Waals surface area contributed by atoms with Crippen LogP contribution in [0.4, 0.5) is 5.69 Å². The Kier molecular flexibility index (Phi) is 5.62. The minimum Gasteiger partial charge on any atom is -0.512 e. The van der Waals surface area contributed by atoms with E-state index in [1.165, 1.54) is 11.8 Å². The summed E-state index contributed by atoms with van der Waals surface area (Å²) in [7, 11) is 0. The van der Waals surface area contributed by atoms with E-state index in [9.17, 15) is 15.2 Å². The van der Waals surface area contributed by atoms with Gasteiger partial charge in [0, 0.05) is 10.7 Å². The summed E-state index contributed by atoms with van der Waals surface area (Å²) in [6.07, 6.45) is 0. The monoisotopic (exact) mass is 426 g/mol. The molecule has 1 unspecified atom stereocenters.